The number of hydrogen-bond acceptors (Lipinski definition) is 2. The molecular weight excluding hydrogens is 243 g/mol. The Morgan fingerprint density at radius 2 is 2.00 bits per heavy atom. The van der Waals surface area contributed by atoms with Gasteiger partial charge in [0.05, 0.1) is 5.56 Å². The van der Waals surface area contributed by atoms with Gasteiger partial charge < -0.3 is 11.1 Å². The highest BCUT2D eigenvalue weighted by Crippen LogP contribution is 2.12. The van der Waals surface area contributed by atoms with Gasteiger partial charge in [-0.05, 0) is 36.2 Å². The summed E-state index contributed by atoms with van der Waals surface area (Å²) in [5.41, 5.74) is 7.67. The van der Waals surface area contributed by atoms with Crippen LogP contribution in [0.5, 0.6) is 0 Å². The lowest BCUT2D eigenvalue weighted by Crippen LogP contribution is -2.24. The van der Waals surface area contributed by atoms with Crippen molar-refractivity contribution in [3.05, 3.63) is 65.0 Å². The number of carbonyl (C=O) groups is 1. The number of halogens is 1. The molecule has 0 bridgehead atoms. The summed E-state index contributed by atoms with van der Waals surface area (Å²) in [7, 11) is 0. The van der Waals surface area contributed by atoms with E-state index in [1.165, 1.54) is 6.07 Å². The Kier molecular flexibility index (Phi) is 3.80. The van der Waals surface area contributed by atoms with Crippen molar-refractivity contribution in [2.45, 2.75) is 13.5 Å². The molecule has 0 unspecified atom stereocenters. The van der Waals surface area contributed by atoms with E-state index >= 15 is 0 Å². The van der Waals surface area contributed by atoms with Crippen LogP contribution in [0.4, 0.5) is 10.1 Å². The highest BCUT2D eigenvalue weighted by Gasteiger charge is 2.12. The molecule has 3 nitrogen and oxygen atoms in total. The number of rotatable bonds is 3. The summed E-state index contributed by atoms with van der Waals surface area (Å²) in [4.78, 5) is 11.9. The Hall–Kier alpha value is -2.36. The number of nitrogen functional groups attached to an aromatic ring is 1. The molecule has 0 aliphatic heterocycles. The zero-order chi connectivity index (χ0) is 13.8. The molecule has 2 aromatic rings. The van der Waals surface area contributed by atoms with Crippen molar-refractivity contribution in [2.75, 3.05) is 5.73 Å². The molecule has 0 heterocycles. The van der Waals surface area contributed by atoms with Crippen LogP contribution in [-0.4, -0.2) is 5.91 Å². The van der Waals surface area contributed by atoms with Gasteiger partial charge >= 0.3 is 0 Å². The first-order chi connectivity index (χ1) is 9.08. The Morgan fingerprint density at radius 3 is 2.74 bits per heavy atom. The topological polar surface area (TPSA) is 55.1 Å². The van der Waals surface area contributed by atoms with E-state index in [9.17, 15) is 9.18 Å². The first-order valence-electron chi connectivity index (χ1n) is 5.95. The fourth-order valence-corrected chi connectivity index (χ4v) is 1.80. The van der Waals surface area contributed by atoms with Gasteiger partial charge in [-0.1, -0.05) is 24.3 Å². The van der Waals surface area contributed by atoms with E-state index in [1.807, 2.05) is 12.1 Å². The Labute approximate surface area is 111 Å². The van der Waals surface area contributed by atoms with Crippen molar-refractivity contribution >= 4 is 11.6 Å². The third-order valence-electron chi connectivity index (χ3n) is 2.84. The molecule has 0 saturated heterocycles. The number of benzene rings is 2. The molecule has 3 N–H and O–H groups in total. The number of nitrogens with two attached hydrogens (primary N) is 1. The molecule has 0 fully saturated rings. The van der Waals surface area contributed by atoms with Crippen LogP contribution in [0.1, 0.15) is 21.5 Å². The molecular formula is C15H15FN2O. The molecule has 0 radical (unpaired) electrons. The van der Waals surface area contributed by atoms with E-state index in [0.717, 1.165) is 5.56 Å². The zero-order valence-electron chi connectivity index (χ0n) is 10.6. The van der Waals surface area contributed by atoms with Gasteiger partial charge in [0, 0.05) is 12.2 Å². The van der Waals surface area contributed by atoms with Gasteiger partial charge in [-0.2, -0.15) is 0 Å². The minimum Gasteiger partial charge on any atom is -0.399 e. The number of hydrogen-bond donors (Lipinski definition) is 2. The molecule has 2 aromatic carbocycles. The molecule has 1 amide bonds. The van der Waals surface area contributed by atoms with Gasteiger partial charge in [-0.25, -0.2) is 4.39 Å². The molecule has 4 heteroatoms. The predicted octanol–water partition coefficient (Wildman–Crippen LogP) is 2.65. The Morgan fingerprint density at radius 1 is 1.26 bits per heavy atom. The van der Waals surface area contributed by atoms with Gasteiger partial charge in [0.25, 0.3) is 5.91 Å². The summed E-state index contributed by atoms with van der Waals surface area (Å²) in [6.07, 6.45) is 0. The third-order valence-corrected chi connectivity index (χ3v) is 2.84. The van der Waals surface area contributed by atoms with Gasteiger partial charge in [0.1, 0.15) is 5.82 Å². The summed E-state index contributed by atoms with van der Waals surface area (Å²) < 4.78 is 13.8. The number of nitrogens with one attached hydrogen (secondary N) is 1. The Balaban J connectivity index is 2.08. The standard InChI is InChI=1S/C15H15FN2O/c1-10-4-2-7-13(14(10)16)15(19)18-9-11-5-3-6-12(17)8-11/h2-8H,9,17H2,1H3,(H,18,19). The first-order valence-corrected chi connectivity index (χ1v) is 5.95. The maximum atomic E-state index is 13.8. The monoisotopic (exact) mass is 258 g/mol. The maximum Gasteiger partial charge on any atom is 0.254 e. The molecule has 0 aliphatic carbocycles. The summed E-state index contributed by atoms with van der Waals surface area (Å²) >= 11 is 0. The summed E-state index contributed by atoms with van der Waals surface area (Å²) in [6, 6.07) is 12.0. The van der Waals surface area contributed by atoms with Crippen LogP contribution in [0.3, 0.4) is 0 Å². The van der Waals surface area contributed by atoms with Crippen LogP contribution in [0, 0.1) is 12.7 Å². The highest BCUT2D eigenvalue weighted by atomic mass is 19.1. The highest BCUT2D eigenvalue weighted by molar-refractivity contribution is 5.94. The van der Waals surface area contributed by atoms with Crippen molar-refractivity contribution in [1.29, 1.82) is 0 Å². The van der Waals surface area contributed by atoms with Crippen LogP contribution in [0.2, 0.25) is 0 Å². The molecule has 0 spiro atoms. The fourth-order valence-electron chi connectivity index (χ4n) is 1.80. The Bertz CT molecular complexity index is 611. The summed E-state index contributed by atoms with van der Waals surface area (Å²) in [5.74, 6) is -0.906. The second kappa shape index (κ2) is 5.52. The fraction of sp³-hybridized carbons (Fsp3) is 0.133. The van der Waals surface area contributed by atoms with Crippen molar-refractivity contribution in [3.8, 4) is 0 Å². The second-order valence-electron chi connectivity index (χ2n) is 4.36. The van der Waals surface area contributed by atoms with Crippen LogP contribution < -0.4 is 11.1 Å². The maximum absolute atomic E-state index is 13.8. The summed E-state index contributed by atoms with van der Waals surface area (Å²) in [6.45, 7) is 1.95. The van der Waals surface area contributed by atoms with E-state index in [1.54, 1.807) is 31.2 Å². The van der Waals surface area contributed by atoms with Gasteiger partial charge in [-0.15, -0.1) is 0 Å². The first kappa shape index (κ1) is 13.1. The van der Waals surface area contributed by atoms with Crippen molar-refractivity contribution in [2.24, 2.45) is 0 Å². The molecule has 0 atom stereocenters. The molecule has 0 aliphatic rings. The van der Waals surface area contributed by atoms with Crippen molar-refractivity contribution in [1.82, 2.24) is 5.32 Å². The van der Waals surface area contributed by atoms with Crippen molar-refractivity contribution < 1.29 is 9.18 Å². The lowest BCUT2D eigenvalue weighted by atomic mass is 10.1. The number of amides is 1. The number of carbonyl (C=O) groups excluding carboxylic acids is 1. The average molecular weight is 258 g/mol. The predicted molar refractivity (Wildman–Crippen MR) is 73.2 cm³/mol. The largest absolute Gasteiger partial charge is 0.399 e. The number of aryl methyl sites for hydroxylation is 1. The second-order valence-corrected chi connectivity index (χ2v) is 4.36. The van der Waals surface area contributed by atoms with E-state index < -0.39 is 11.7 Å². The van der Waals surface area contributed by atoms with Crippen molar-refractivity contribution in [3.63, 3.8) is 0 Å². The smallest absolute Gasteiger partial charge is 0.254 e. The van der Waals surface area contributed by atoms with Gasteiger partial charge in [-0.3, -0.25) is 4.79 Å². The van der Waals surface area contributed by atoms with Crippen LogP contribution in [-0.2, 0) is 6.54 Å². The lowest BCUT2D eigenvalue weighted by molar-refractivity contribution is 0.0946. The van der Waals surface area contributed by atoms with E-state index in [-0.39, 0.29) is 5.56 Å². The molecule has 19 heavy (non-hydrogen) atoms. The van der Waals surface area contributed by atoms with Crippen LogP contribution in [0.25, 0.3) is 0 Å². The van der Waals surface area contributed by atoms with Crippen LogP contribution >= 0.6 is 0 Å². The minimum absolute atomic E-state index is 0.0592. The van der Waals surface area contributed by atoms with E-state index in [0.29, 0.717) is 17.8 Å². The molecule has 0 saturated carbocycles. The van der Waals surface area contributed by atoms with Gasteiger partial charge in [0.15, 0.2) is 0 Å². The normalized spacial score (nSPS) is 10.2. The number of anilines is 1. The van der Waals surface area contributed by atoms with E-state index in [4.69, 9.17) is 5.73 Å². The minimum atomic E-state index is -0.479. The molecule has 0 aromatic heterocycles. The van der Waals surface area contributed by atoms with E-state index in [2.05, 4.69) is 5.32 Å². The summed E-state index contributed by atoms with van der Waals surface area (Å²) in [5, 5.41) is 2.68. The SMILES string of the molecule is Cc1cccc(C(=O)NCc2cccc(N)c2)c1F. The average Bonchev–Trinajstić information content (AvgIpc) is 2.39. The quantitative estimate of drug-likeness (QED) is 0.831. The lowest BCUT2D eigenvalue weighted by Gasteiger charge is -2.08. The third kappa shape index (κ3) is 3.10. The van der Waals surface area contributed by atoms with Crippen LogP contribution in [0.15, 0.2) is 42.5 Å². The zero-order valence-corrected chi connectivity index (χ0v) is 10.6. The van der Waals surface area contributed by atoms with Gasteiger partial charge in [0.2, 0.25) is 0 Å². The molecule has 98 valence electrons. The molecule has 2 rings (SSSR count).